The molecular formula is C36H34Cl2N4O3. The number of hydrogen-bond donors (Lipinski definition) is 1. The zero-order chi connectivity index (χ0) is 31.4. The lowest BCUT2D eigenvalue weighted by Crippen LogP contribution is -2.57. The molecule has 9 heteroatoms. The summed E-state index contributed by atoms with van der Waals surface area (Å²) in [7, 11) is 0. The van der Waals surface area contributed by atoms with Crippen molar-refractivity contribution < 1.29 is 14.4 Å². The topological polar surface area (TPSA) is 73.0 Å². The highest BCUT2D eigenvalue weighted by Gasteiger charge is 2.54. The number of likely N-dealkylation sites (tertiary alicyclic amines) is 1. The monoisotopic (exact) mass is 640 g/mol. The SMILES string of the molecule is O=C(CN1CN(c2ccccc2)C2(CCN(C(=O)c3ccc(-c4ccccc4)cc3)CC2)C1=O)NCCc1ccc(Cl)cc1Cl. The Bertz CT molecular complexity index is 1670. The summed E-state index contributed by atoms with van der Waals surface area (Å²) in [6.07, 6.45) is 1.50. The summed E-state index contributed by atoms with van der Waals surface area (Å²) in [5.41, 5.74) is 3.76. The minimum Gasteiger partial charge on any atom is -0.354 e. The maximum atomic E-state index is 14.1. The molecule has 1 spiro atoms. The minimum absolute atomic E-state index is 0.0433. The normalized spacial score (nSPS) is 15.9. The van der Waals surface area contributed by atoms with Gasteiger partial charge in [0, 0.05) is 40.9 Å². The van der Waals surface area contributed by atoms with Crippen molar-refractivity contribution in [1.82, 2.24) is 15.1 Å². The lowest BCUT2D eigenvalue weighted by Gasteiger charge is -2.43. The molecule has 230 valence electrons. The van der Waals surface area contributed by atoms with Gasteiger partial charge in [-0.15, -0.1) is 0 Å². The van der Waals surface area contributed by atoms with Crippen LogP contribution in [0.3, 0.4) is 0 Å². The molecule has 2 aliphatic rings. The standard InChI is InChI=1S/C36H34Cl2N4O3/c37-30-16-15-28(32(38)23-30)17-20-39-33(43)24-41-25-42(31-9-5-2-6-10-31)36(35(41)45)18-21-40(22-19-36)34(44)29-13-11-27(12-14-29)26-7-3-1-4-8-26/h1-16,23H,17-22,24-25H2,(H,39,43). The first-order chi connectivity index (χ1) is 21.8. The molecule has 4 aromatic carbocycles. The molecular weight excluding hydrogens is 607 g/mol. The number of piperidine rings is 1. The van der Waals surface area contributed by atoms with Crippen LogP contribution in [0.25, 0.3) is 11.1 Å². The van der Waals surface area contributed by atoms with Crippen LogP contribution in [0.15, 0.2) is 103 Å². The molecule has 2 fully saturated rings. The van der Waals surface area contributed by atoms with Crippen LogP contribution in [-0.4, -0.2) is 65.9 Å². The van der Waals surface area contributed by atoms with Gasteiger partial charge < -0.3 is 20.0 Å². The molecule has 6 rings (SSSR count). The van der Waals surface area contributed by atoms with E-state index in [-0.39, 0.29) is 24.3 Å². The summed E-state index contributed by atoms with van der Waals surface area (Å²) in [6.45, 7) is 1.52. The van der Waals surface area contributed by atoms with Crippen LogP contribution >= 0.6 is 23.2 Å². The van der Waals surface area contributed by atoms with Gasteiger partial charge in [0.15, 0.2) is 0 Å². The van der Waals surface area contributed by atoms with Crippen molar-refractivity contribution in [3.05, 3.63) is 124 Å². The second kappa shape index (κ2) is 13.3. The molecule has 0 aliphatic carbocycles. The highest BCUT2D eigenvalue weighted by Crippen LogP contribution is 2.39. The second-order valence-corrected chi connectivity index (χ2v) is 12.4. The van der Waals surface area contributed by atoms with Gasteiger partial charge >= 0.3 is 0 Å². The van der Waals surface area contributed by atoms with E-state index in [1.54, 1.807) is 17.0 Å². The average molecular weight is 642 g/mol. The van der Waals surface area contributed by atoms with Crippen LogP contribution in [0.4, 0.5) is 5.69 Å². The Balaban J connectivity index is 1.11. The van der Waals surface area contributed by atoms with E-state index in [2.05, 4.69) is 10.2 Å². The third kappa shape index (κ3) is 6.56. The van der Waals surface area contributed by atoms with Crippen molar-refractivity contribution in [2.24, 2.45) is 0 Å². The smallest absolute Gasteiger partial charge is 0.253 e. The highest BCUT2D eigenvalue weighted by molar-refractivity contribution is 6.35. The summed E-state index contributed by atoms with van der Waals surface area (Å²) in [4.78, 5) is 46.1. The number of anilines is 1. The van der Waals surface area contributed by atoms with Crippen LogP contribution in [0, 0.1) is 0 Å². The molecule has 45 heavy (non-hydrogen) atoms. The molecule has 0 unspecified atom stereocenters. The number of halogens is 2. The number of carbonyl (C=O) groups is 3. The molecule has 4 aromatic rings. The van der Waals surface area contributed by atoms with Gasteiger partial charge in [-0.25, -0.2) is 0 Å². The van der Waals surface area contributed by atoms with E-state index in [0.717, 1.165) is 22.4 Å². The Morgan fingerprint density at radius 3 is 2.11 bits per heavy atom. The number of nitrogens with one attached hydrogen (secondary N) is 1. The number of benzene rings is 4. The zero-order valence-electron chi connectivity index (χ0n) is 24.8. The van der Waals surface area contributed by atoms with Crippen molar-refractivity contribution in [3.8, 4) is 11.1 Å². The number of nitrogens with zero attached hydrogens (tertiary/aromatic N) is 3. The molecule has 7 nitrogen and oxygen atoms in total. The average Bonchev–Trinajstić information content (AvgIpc) is 3.32. The van der Waals surface area contributed by atoms with Gasteiger partial charge in [0.25, 0.3) is 11.8 Å². The predicted octanol–water partition coefficient (Wildman–Crippen LogP) is 6.30. The zero-order valence-corrected chi connectivity index (χ0v) is 26.3. The second-order valence-electron chi connectivity index (χ2n) is 11.5. The van der Waals surface area contributed by atoms with E-state index in [0.29, 0.717) is 61.2 Å². The fourth-order valence-corrected chi connectivity index (χ4v) is 6.81. The van der Waals surface area contributed by atoms with Crippen LogP contribution < -0.4 is 10.2 Å². The number of rotatable bonds is 8. The number of carbonyl (C=O) groups excluding carboxylic acids is 3. The fourth-order valence-electron chi connectivity index (χ4n) is 6.31. The highest BCUT2D eigenvalue weighted by atomic mass is 35.5. The molecule has 2 aliphatic heterocycles. The molecule has 2 heterocycles. The van der Waals surface area contributed by atoms with Crippen LogP contribution in [-0.2, 0) is 16.0 Å². The van der Waals surface area contributed by atoms with Crippen molar-refractivity contribution >= 4 is 46.6 Å². The van der Waals surface area contributed by atoms with Gasteiger partial charge in [-0.05, 0) is 72.4 Å². The molecule has 0 aromatic heterocycles. The van der Waals surface area contributed by atoms with Crippen molar-refractivity contribution in [2.75, 3.05) is 37.7 Å². The predicted molar refractivity (Wildman–Crippen MR) is 178 cm³/mol. The molecule has 3 amide bonds. The van der Waals surface area contributed by atoms with E-state index in [9.17, 15) is 14.4 Å². The largest absolute Gasteiger partial charge is 0.354 e. The molecule has 1 N–H and O–H groups in total. The molecule has 0 atom stereocenters. The fraction of sp³-hybridized carbons (Fsp3) is 0.250. The maximum Gasteiger partial charge on any atom is 0.253 e. The third-order valence-corrected chi connectivity index (χ3v) is 9.35. The Labute approximate surface area is 273 Å². The van der Waals surface area contributed by atoms with Gasteiger partial charge in [0.1, 0.15) is 12.1 Å². The summed E-state index contributed by atoms with van der Waals surface area (Å²) in [6, 6.07) is 32.8. The summed E-state index contributed by atoms with van der Waals surface area (Å²) < 4.78 is 0. The van der Waals surface area contributed by atoms with E-state index < -0.39 is 5.54 Å². The molecule has 2 saturated heterocycles. The van der Waals surface area contributed by atoms with E-state index in [4.69, 9.17) is 23.2 Å². The Morgan fingerprint density at radius 2 is 1.44 bits per heavy atom. The van der Waals surface area contributed by atoms with Crippen molar-refractivity contribution in [3.63, 3.8) is 0 Å². The van der Waals surface area contributed by atoms with E-state index >= 15 is 0 Å². The summed E-state index contributed by atoms with van der Waals surface area (Å²) >= 11 is 12.3. The van der Waals surface area contributed by atoms with Crippen LogP contribution in [0.2, 0.25) is 10.0 Å². The number of hydrogen-bond acceptors (Lipinski definition) is 4. The first kappa shape index (κ1) is 30.7. The van der Waals surface area contributed by atoms with Gasteiger partial charge in [0.05, 0.1) is 6.67 Å². The van der Waals surface area contributed by atoms with Gasteiger partial charge in [-0.2, -0.15) is 0 Å². The molecule has 0 radical (unpaired) electrons. The molecule has 0 saturated carbocycles. The Morgan fingerprint density at radius 1 is 0.800 bits per heavy atom. The lowest BCUT2D eigenvalue weighted by molar-refractivity contribution is -0.137. The van der Waals surface area contributed by atoms with Crippen molar-refractivity contribution in [1.29, 1.82) is 0 Å². The van der Waals surface area contributed by atoms with Crippen molar-refractivity contribution in [2.45, 2.75) is 24.8 Å². The Hall–Kier alpha value is -4.33. The summed E-state index contributed by atoms with van der Waals surface area (Å²) in [5, 5.41) is 4.04. The van der Waals surface area contributed by atoms with Gasteiger partial charge in [-0.1, -0.05) is 89.9 Å². The first-order valence-corrected chi connectivity index (χ1v) is 15.9. The van der Waals surface area contributed by atoms with E-state index in [1.165, 1.54) is 0 Å². The van der Waals surface area contributed by atoms with Crippen LogP contribution in [0.1, 0.15) is 28.8 Å². The molecule has 0 bridgehead atoms. The van der Waals surface area contributed by atoms with Gasteiger partial charge in [0.2, 0.25) is 5.91 Å². The lowest BCUT2D eigenvalue weighted by atomic mass is 9.85. The van der Waals surface area contributed by atoms with E-state index in [1.807, 2.05) is 95.9 Å². The Kier molecular flexibility index (Phi) is 9.10. The number of para-hydroxylation sites is 1. The maximum absolute atomic E-state index is 14.1. The number of amides is 3. The van der Waals surface area contributed by atoms with Crippen LogP contribution in [0.5, 0.6) is 0 Å². The summed E-state index contributed by atoms with van der Waals surface area (Å²) in [5.74, 6) is -0.357. The third-order valence-electron chi connectivity index (χ3n) is 8.76. The first-order valence-electron chi connectivity index (χ1n) is 15.1. The minimum atomic E-state index is -0.827. The quantitative estimate of drug-likeness (QED) is 0.245. The van der Waals surface area contributed by atoms with Gasteiger partial charge in [-0.3, -0.25) is 14.4 Å².